The highest BCUT2D eigenvalue weighted by Gasteiger charge is 2.34. The van der Waals surface area contributed by atoms with Crippen molar-refractivity contribution in [2.24, 2.45) is 16.8 Å². The Morgan fingerprint density at radius 2 is 2.19 bits per heavy atom. The van der Waals surface area contributed by atoms with Crippen molar-refractivity contribution < 1.29 is 4.79 Å². The summed E-state index contributed by atoms with van der Waals surface area (Å²) in [5, 5.41) is 10.8. The minimum Gasteiger partial charge on any atom is -0.355 e. The van der Waals surface area contributed by atoms with Gasteiger partial charge in [-0.15, -0.1) is 0 Å². The van der Waals surface area contributed by atoms with E-state index in [9.17, 15) is 4.79 Å². The zero-order chi connectivity index (χ0) is 22.8. The van der Waals surface area contributed by atoms with Crippen LogP contribution in [-0.4, -0.2) is 50.4 Å². The number of allylic oxidation sites excluding steroid dienone is 2. The quantitative estimate of drug-likeness (QED) is 0.133. The van der Waals surface area contributed by atoms with Crippen LogP contribution in [0, 0.1) is 17.2 Å². The summed E-state index contributed by atoms with van der Waals surface area (Å²) < 4.78 is 3.19. The number of carbonyl (C=O) groups is 1. The number of amides is 1. The third kappa shape index (κ3) is 8.08. The monoisotopic (exact) mass is 553 g/mol. The van der Waals surface area contributed by atoms with Gasteiger partial charge in [-0.05, 0) is 75.2 Å². The maximum absolute atomic E-state index is 12.7. The first-order chi connectivity index (χ1) is 14.9. The van der Waals surface area contributed by atoms with Crippen molar-refractivity contribution in [3.8, 4) is 0 Å². The zero-order valence-corrected chi connectivity index (χ0v) is 21.2. The van der Waals surface area contributed by atoms with Crippen LogP contribution in [0.2, 0.25) is 0 Å². The molecule has 1 aromatic rings. The summed E-state index contributed by atoms with van der Waals surface area (Å²) in [6, 6.07) is 6.27. The lowest BCUT2D eigenvalue weighted by molar-refractivity contribution is -0.122. The van der Waals surface area contributed by atoms with E-state index in [1.807, 2.05) is 26.2 Å². The van der Waals surface area contributed by atoms with Crippen LogP contribution in [-0.2, 0) is 11.2 Å². The Balaban J connectivity index is 1.99. The number of aliphatic imine (C=N–C) groups is 1. The van der Waals surface area contributed by atoms with E-state index in [1.54, 1.807) is 12.3 Å². The van der Waals surface area contributed by atoms with E-state index in [0.717, 1.165) is 41.6 Å². The lowest BCUT2D eigenvalue weighted by Gasteiger charge is -2.26. The average molecular weight is 554 g/mol. The summed E-state index contributed by atoms with van der Waals surface area (Å²) in [4.78, 5) is 18.7. The predicted octanol–water partition coefficient (Wildman–Crippen LogP) is 4.87. The average Bonchev–Trinajstić information content (AvgIpc) is 3.59. The molecule has 0 heterocycles. The Labute approximate surface area is 202 Å². The van der Waals surface area contributed by atoms with Crippen molar-refractivity contribution in [1.29, 1.82) is 5.41 Å². The molecule has 1 saturated carbocycles. The predicted molar refractivity (Wildman–Crippen MR) is 142 cm³/mol. The van der Waals surface area contributed by atoms with E-state index >= 15 is 0 Å². The van der Waals surface area contributed by atoms with Crippen LogP contribution in [0.15, 0.2) is 47.6 Å². The normalized spacial score (nSPS) is 15.8. The van der Waals surface area contributed by atoms with Crippen molar-refractivity contribution in [3.63, 3.8) is 0 Å². The fraction of sp³-hybridized carbons (Fsp3) is 0.435. The van der Waals surface area contributed by atoms with E-state index in [2.05, 4.69) is 60.5 Å². The Hall–Kier alpha value is -1.65. The van der Waals surface area contributed by atoms with Gasteiger partial charge in [0.2, 0.25) is 5.91 Å². The van der Waals surface area contributed by atoms with Gasteiger partial charge in [-0.25, -0.2) is 0 Å². The van der Waals surface area contributed by atoms with E-state index < -0.39 is 0 Å². The summed E-state index contributed by atoms with van der Waals surface area (Å²) in [7, 11) is 5.53. The summed E-state index contributed by atoms with van der Waals surface area (Å²) in [5.74, 6) is 0.750. The van der Waals surface area contributed by atoms with E-state index in [4.69, 9.17) is 5.41 Å². The van der Waals surface area contributed by atoms with E-state index in [0.29, 0.717) is 18.9 Å². The molecule has 2 unspecified atom stereocenters. The van der Waals surface area contributed by atoms with Crippen molar-refractivity contribution in [1.82, 2.24) is 10.2 Å². The number of rotatable bonds is 14. The Morgan fingerprint density at radius 3 is 2.74 bits per heavy atom. The van der Waals surface area contributed by atoms with Gasteiger partial charge in [0.1, 0.15) is 0 Å². The number of likely N-dealkylation sites (N-methyl/N-ethyl adjacent to an activating group) is 1. The summed E-state index contributed by atoms with van der Waals surface area (Å²) >= 11 is 2.17. The molecule has 1 aliphatic rings. The highest BCUT2D eigenvalue weighted by atomic mass is 127. The van der Waals surface area contributed by atoms with Crippen LogP contribution in [0.4, 0.5) is 5.69 Å². The second-order valence-electron chi connectivity index (χ2n) is 8.03. The largest absolute Gasteiger partial charge is 0.355 e. The molecule has 2 atom stereocenters. The molecular formula is C23H32IN5OS. The van der Waals surface area contributed by atoms with Gasteiger partial charge < -0.3 is 20.3 Å². The molecular weight excluding hydrogens is 521 g/mol. The first-order valence-electron chi connectivity index (χ1n) is 10.3. The van der Waals surface area contributed by atoms with Crippen molar-refractivity contribution >= 4 is 54.9 Å². The second-order valence-corrected chi connectivity index (χ2v) is 9.71. The van der Waals surface area contributed by atoms with Crippen LogP contribution in [0.25, 0.3) is 0 Å². The third-order valence-electron chi connectivity index (χ3n) is 5.66. The molecule has 0 spiro atoms. The minimum atomic E-state index is 0.0550. The number of anilines is 1. The molecule has 0 bridgehead atoms. The SMILES string of the molecule is C=C/C(=C\N=C)C(CC(=O)NCC(Cc1ccc(NSI)c(C=N)c1)N(C)C)C1CC1. The van der Waals surface area contributed by atoms with Gasteiger partial charge in [0, 0.05) is 67.3 Å². The highest BCUT2D eigenvalue weighted by molar-refractivity contribution is 14.2. The topological polar surface area (TPSA) is 80.6 Å². The maximum atomic E-state index is 12.7. The number of nitrogens with zero attached hydrogens (tertiary/aromatic N) is 2. The van der Waals surface area contributed by atoms with Crippen LogP contribution >= 0.6 is 30.3 Å². The summed E-state index contributed by atoms with van der Waals surface area (Å²) in [5.41, 5.74) is 3.92. The molecule has 1 amide bonds. The molecule has 1 fully saturated rings. The lowest BCUT2D eigenvalue weighted by atomic mass is 9.90. The molecule has 3 N–H and O–H groups in total. The third-order valence-corrected chi connectivity index (χ3v) is 6.61. The molecule has 0 radical (unpaired) electrons. The highest BCUT2D eigenvalue weighted by Crippen LogP contribution is 2.42. The number of halogens is 1. The number of hydrogen-bond acceptors (Lipinski definition) is 6. The van der Waals surface area contributed by atoms with Gasteiger partial charge in [0.25, 0.3) is 0 Å². The van der Waals surface area contributed by atoms with Gasteiger partial charge in [-0.1, -0.05) is 18.7 Å². The number of benzene rings is 1. The Morgan fingerprint density at radius 1 is 1.45 bits per heavy atom. The van der Waals surface area contributed by atoms with Crippen LogP contribution in [0.1, 0.15) is 30.4 Å². The van der Waals surface area contributed by atoms with E-state index in [1.165, 1.54) is 15.3 Å². The van der Waals surface area contributed by atoms with Gasteiger partial charge in [0.15, 0.2) is 0 Å². The molecule has 1 aliphatic carbocycles. The Bertz CT molecular complexity index is 822. The summed E-state index contributed by atoms with van der Waals surface area (Å²) in [6.45, 7) is 7.98. The number of hydrogen-bond donors (Lipinski definition) is 3. The smallest absolute Gasteiger partial charge is 0.220 e. The first kappa shape index (κ1) is 25.6. The van der Waals surface area contributed by atoms with Crippen molar-refractivity contribution in [2.75, 3.05) is 25.4 Å². The molecule has 6 nitrogen and oxygen atoms in total. The molecule has 0 aromatic heterocycles. The molecule has 31 heavy (non-hydrogen) atoms. The maximum Gasteiger partial charge on any atom is 0.220 e. The number of carbonyl (C=O) groups excluding carboxylic acids is 1. The molecule has 8 heteroatoms. The molecule has 168 valence electrons. The van der Waals surface area contributed by atoms with Gasteiger partial charge in [0.05, 0.1) is 5.69 Å². The Kier molecular flexibility index (Phi) is 10.8. The molecule has 0 saturated heterocycles. The molecule has 0 aliphatic heterocycles. The standard InChI is InChI=1S/C23H32IN5OS/c1-5-17(14-26-2)21(18-7-8-18)12-23(30)27-15-20(29(3)4)11-16-6-9-22(28-31-24)19(10-16)13-25/h5-6,9-10,13-14,18,20-21,25,28H,1-2,7-8,11-12,15H2,3-4H3,(H,27,30)/b17-14+,25-13?. The summed E-state index contributed by atoms with van der Waals surface area (Å²) in [6.07, 6.45) is 8.42. The fourth-order valence-electron chi connectivity index (χ4n) is 3.67. The minimum absolute atomic E-state index is 0.0550. The first-order valence-corrected chi connectivity index (χ1v) is 13.7. The molecule has 2 rings (SSSR count). The number of nitrogens with one attached hydrogen (secondary N) is 3. The van der Waals surface area contributed by atoms with Crippen LogP contribution in [0.3, 0.4) is 0 Å². The molecule has 1 aromatic carbocycles. The zero-order valence-electron chi connectivity index (χ0n) is 18.2. The van der Waals surface area contributed by atoms with Gasteiger partial charge in [-0.3, -0.25) is 9.79 Å². The van der Waals surface area contributed by atoms with Crippen LogP contribution in [0.5, 0.6) is 0 Å². The van der Waals surface area contributed by atoms with Gasteiger partial charge in [-0.2, -0.15) is 0 Å². The van der Waals surface area contributed by atoms with E-state index in [-0.39, 0.29) is 17.9 Å². The van der Waals surface area contributed by atoms with Crippen molar-refractivity contribution in [3.05, 3.63) is 53.8 Å². The van der Waals surface area contributed by atoms with Crippen molar-refractivity contribution in [2.45, 2.75) is 31.7 Å². The fourth-order valence-corrected chi connectivity index (χ4v) is 4.65. The lowest BCUT2D eigenvalue weighted by Crippen LogP contribution is -2.42. The second kappa shape index (κ2) is 13.0. The van der Waals surface area contributed by atoms with Gasteiger partial charge >= 0.3 is 0 Å². The van der Waals surface area contributed by atoms with Crippen LogP contribution < -0.4 is 10.0 Å².